The van der Waals surface area contributed by atoms with E-state index in [1.165, 1.54) is 25.7 Å². The van der Waals surface area contributed by atoms with Gasteiger partial charge < -0.3 is 9.47 Å². The average Bonchev–Trinajstić information content (AvgIpc) is 3.34. The molecule has 0 aromatic heterocycles. The molecule has 0 N–H and O–H groups in total. The molecule has 0 amide bonds. The van der Waals surface area contributed by atoms with Crippen LogP contribution in [0.5, 0.6) is 11.5 Å². The number of nitrogens with zero attached hydrogens (tertiary/aromatic N) is 1. The molecular formula is C23H21Cl2NO3. The number of ketones is 1. The molecule has 5 rings (SSSR count). The number of carbonyl (C=O) groups excluding carboxylic acids is 1. The minimum Gasteiger partial charge on any atom is -0.478 e. The Balaban J connectivity index is 1.51. The normalized spacial score (nSPS) is 20.5. The van der Waals surface area contributed by atoms with Crippen LogP contribution >= 0.6 is 23.2 Å². The number of halogens is 2. The van der Waals surface area contributed by atoms with Gasteiger partial charge in [-0.25, -0.2) is 0 Å². The van der Waals surface area contributed by atoms with Gasteiger partial charge in [-0.1, -0.05) is 42.1 Å². The zero-order chi connectivity index (χ0) is 20.1. The molecule has 1 saturated carbocycles. The fourth-order valence-electron chi connectivity index (χ4n) is 4.50. The zero-order valence-electron chi connectivity index (χ0n) is 16.1. The van der Waals surface area contributed by atoms with Crippen molar-refractivity contribution in [1.29, 1.82) is 0 Å². The smallest absolute Gasteiger partial charge is 0.232 e. The highest BCUT2D eigenvalue weighted by Crippen LogP contribution is 2.45. The molecule has 29 heavy (non-hydrogen) atoms. The second-order valence-electron chi connectivity index (χ2n) is 7.95. The van der Waals surface area contributed by atoms with Crippen molar-refractivity contribution in [3.05, 3.63) is 62.3 Å². The standard InChI is InChI=1S/C23H21Cl2NO3/c1-13-8-19-16(11-26(12-28-19)15-4-2-3-5-15)23-21(13)22(27)20(29-23)10-14-6-7-17(24)18(25)9-14/h6-10,15H,2-5,11-12H2,1H3/b20-10-. The maximum absolute atomic E-state index is 13.1. The Morgan fingerprint density at radius 1 is 1.14 bits per heavy atom. The molecule has 2 aromatic rings. The maximum Gasteiger partial charge on any atom is 0.232 e. The first kappa shape index (κ1) is 19.0. The van der Waals surface area contributed by atoms with E-state index in [4.69, 9.17) is 32.7 Å². The Morgan fingerprint density at radius 2 is 1.93 bits per heavy atom. The molecule has 2 aliphatic heterocycles. The van der Waals surface area contributed by atoms with Gasteiger partial charge in [0.2, 0.25) is 5.78 Å². The molecule has 1 fully saturated rings. The van der Waals surface area contributed by atoms with Crippen LogP contribution in [0.4, 0.5) is 0 Å². The number of hydrogen-bond acceptors (Lipinski definition) is 4. The summed E-state index contributed by atoms with van der Waals surface area (Å²) >= 11 is 12.1. The van der Waals surface area contributed by atoms with E-state index in [9.17, 15) is 4.79 Å². The molecule has 1 aliphatic carbocycles. The van der Waals surface area contributed by atoms with Crippen molar-refractivity contribution in [2.45, 2.75) is 45.2 Å². The van der Waals surface area contributed by atoms with Gasteiger partial charge in [0.15, 0.2) is 5.76 Å². The summed E-state index contributed by atoms with van der Waals surface area (Å²) in [5.74, 6) is 1.65. The fraction of sp³-hybridized carbons (Fsp3) is 0.348. The van der Waals surface area contributed by atoms with Crippen LogP contribution in [0, 0.1) is 6.92 Å². The van der Waals surface area contributed by atoms with E-state index in [0.29, 0.717) is 39.9 Å². The van der Waals surface area contributed by atoms with E-state index in [1.807, 2.05) is 19.1 Å². The van der Waals surface area contributed by atoms with Gasteiger partial charge in [0.25, 0.3) is 0 Å². The number of carbonyl (C=O) groups is 1. The summed E-state index contributed by atoms with van der Waals surface area (Å²) in [6.07, 6.45) is 6.66. The Labute approximate surface area is 180 Å². The van der Waals surface area contributed by atoms with Crippen LogP contribution in [0.2, 0.25) is 10.0 Å². The molecule has 2 aromatic carbocycles. The van der Waals surface area contributed by atoms with E-state index in [1.54, 1.807) is 18.2 Å². The number of allylic oxidation sites excluding steroid dienone is 1. The maximum atomic E-state index is 13.1. The van der Waals surface area contributed by atoms with Gasteiger partial charge >= 0.3 is 0 Å². The van der Waals surface area contributed by atoms with Crippen molar-refractivity contribution < 1.29 is 14.3 Å². The number of benzene rings is 2. The summed E-state index contributed by atoms with van der Waals surface area (Å²) in [5, 5.41) is 0.919. The van der Waals surface area contributed by atoms with Gasteiger partial charge in [0, 0.05) is 12.6 Å². The molecular weight excluding hydrogens is 409 g/mol. The third-order valence-electron chi connectivity index (χ3n) is 6.03. The van der Waals surface area contributed by atoms with Crippen molar-refractivity contribution in [3.8, 4) is 11.5 Å². The van der Waals surface area contributed by atoms with Crippen LogP contribution in [-0.2, 0) is 6.54 Å². The zero-order valence-corrected chi connectivity index (χ0v) is 17.6. The Morgan fingerprint density at radius 3 is 2.69 bits per heavy atom. The number of ether oxygens (including phenoxy) is 2. The quantitative estimate of drug-likeness (QED) is 0.547. The van der Waals surface area contributed by atoms with Crippen LogP contribution in [0.3, 0.4) is 0 Å². The highest BCUT2D eigenvalue weighted by Gasteiger charge is 2.37. The molecule has 0 radical (unpaired) electrons. The van der Waals surface area contributed by atoms with Gasteiger partial charge in [-0.2, -0.15) is 0 Å². The van der Waals surface area contributed by atoms with Crippen molar-refractivity contribution in [2.75, 3.05) is 6.73 Å². The van der Waals surface area contributed by atoms with E-state index in [0.717, 1.165) is 29.0 Å². The van der Waals surface area contributed by atoms with Crippen LogP contribution in [0.1, 0.15) is 52.7 Å². The largest absolute Gasteiger partial charge is 0.478 e. The number of rotatable bonds is 2. The minimum atomic E-state index is -0.107. The summed E-state index contributed by atoms with van der Waals surface area (Å²) in [4.78, 5) is 15.5. The minimum absolute atomic E-state index is 0.107. The third-order valence-corrected chi connectivity index (χ3v) is 6.77. The van der Waals surface area contributed by atoms with Crippen LogP contribution in [-0.4, -0.2) is 23.5 Å². The number of fused-ring (bicyclic) bond motifs is 3. The van der Waals surface area contributed by atoms with Crippen LogP contribution in [0.15, 0.2) is 30.0 Å². The number of aryl methyl sites for hydroxylation is 1. The van der Waals surface area contributed by atoms with E-state index in [-0.39, 0.29) is 5.78 Å². The Kier molecular flexibility index (Phi) is 4.81. The molecule has 2 heterocycles. The second-order valence-corrected chi connectivity index (χ2v) is 8.76. The summed E-state index contributed by atoms with van der Waals surface area (Å²) in [6, 6.07) is 7.76. The molecule has 0 bridgehead atoms. The lowest BCUT2D eigenvalue weighted by atomic mass is 9.98. The molecule has 0 saturated heterocycles. The summed E-state index contributed by atoms with van der Waals surface area (Å²) in [5.41, 5.74) is 3.24. The number of Topliss-reactive ketones (excluding diaryl/α,β-unsaturated/α-hetero) is 1. The second kappa shape index (κ2) is 7.35. The Hall–Kier alpha value is -2.01. The van der Waals surface area contributed by atoms with Crippen molar-refractivity contribution in [2.24, 2.45) is 0 Å². The highest BCUT2D eigenvalue weighted by atomic mass is 35.5. The predicted octanol–water partition coefficient (Wildman–Crippen LogP) is 6.01. The Bertz CT molecular complexity index is 1040. The first-order chi connectivity index (χ1) is 14.0. The van der Waals surface area contributed by atoms with E-state index < -0.39 is 0 Å². The van der Waals surface area contributed by atoms with Gasteiger partial charge in [0.1, 0.15) is 18.2 Å². The van der Waals surface area contributed by atoms with Crippen LogP contribution in [0.25, 0.3) is 6.08 Å². The molecule has 6 heteroatoms. The average molecular weight is 430 g/mol. The van der Waals surface area contributed by atoms with Crippen molar-refractivity contribution in [1.82, 2.24) is 4.90 Å². The van der Waals surface area contributed by atoms with Crippen molar-refractivity contribution >= 4 is 35.1 Å². The molecule has 150 valence electrons. The highest BCUT2D eigenvalue weighted by molar-refractivity contribution is 6.42. The first-order valence-electron chi connectivity index (χ1n) is 9.94. The SMILES string of the molecule is Cc1cc2c(c3c1C(=O)/C(=C/c1ccc(Cl)c(Cl)c1)O3)CN(C1CCCC1)CO2. The van der Waals surface area contributed by atoms with Crippen molar-refractivity contribution in [3.63, 3.8) is 0 Å². The topological polar surface area (TPSA) is 38.8 Å². The van der Waals surface area contributed by atoms with E-state index in [2.05, 4.69) is 4.90 Å². The monoisotopic (exact) mass is 429 g/mol. The molecule has 3 aliphatic rings. The summed E-state index contributed by atoms with van der Waals surface area (Å²) in [6.45, 7) is 3.26. The predicted molar refractivity (Wildman–Crippen MR) is 114 cm³/mol. The summed E-state index contributed by atoms with van der Waals surface area (Å²) in [7, 11) is 0. The van der Waals surface area contributed by atoms with Gasteiger partial charge in [0.05, 0.1) is 21.2 Å². The van der Waals surface area contributed by atoms with Gasteiger partial charge in [-0.15, -0.1) is 0 Å². The van der Waals surface area contributed by atoms with Gasteiger partial charge in [-0.05, 0) is 55.2 Å². The molecule has 0 spiro atoms. The van der Waals surface area contributed by atoms with E-state index >= 15 is 0 Å². The lowest BCUT2D eigenvalue weighted by molar-refractivity contribution is 0.0567. The molecule has 0 atom stereocenters. The lowest BCUT2D eigenvalue weighted by Crippen LogP contribution is -2.39. The molecule has 4 nitrogen and oxygen atoms in total. The fourth-order valence-corrected chi connectivity index (χ4v) is 4.81. The van der Waals surface area contributed by atoms with Crippen LogP contribution < -0.4 is 9.47 Å². The molecule has 0 unspecified atom stereocenters. The number of hydrogen-bond donors (Lipinski definition) is 0. The first-order valence-corrected chi connectivity index (χ1v) is 10.7. The lowest BCUT2D eigenvalue weighted by Gasteiger charge is -2.34. The van der Waals surface area contributed by atoms with Gasteiger partial charge in [-0.3, -0.25) is 9.69 Å². The third kappa shape index (κ3) is 3.33. The summed E-state index contributed by atoms with van der Waals surface area (Å²) < 4.78 is 12.2.